The van der Waals surface area contributed by atoms with Crippen LogP contribution >= 0.6 is 0 Å². The van der Waals surface area contributed by atoms with Crippen LogP contribution in [0.15, 0.2) is 24.3 Å². The Morgan fingerprint density at radius 2 is 2.00 bits per heavy atom. The zero-order valence-corrected chi connectivity index (χ0v) is 9.53. The van der Waals surface area contributed by atoms with Crippen molar-refractivity contribution in [2.24, 2.45) is 11.5 Å². The summed E-state index contributed by atoms with van der Waals surface area (Å²) in [5, 5.41) is 18.6. The van der Waals surface area contributed by atoms with Gasteiger partial charge in [-0.2, -0.15) is 0 Å². The zero-order valence-electron chi connectivity index (χ0n) is 9.53. The van der Waals surface area contributed by atoms with E-state index in [0.717, 1.165) is 5.56 Å². The Morgan fingerprint density at radius 3 is 2.41 bits per heavy atom. The molecule has 0 aromatic heterocycles. The fourth-order valence-corrected chi connectivity index (χ4v) is 1.36. The van der Waals surface area contributed by atoms with Crippen LogP contribution in [0.2, 0.25) is 0 Å². The highest BCUT2D eigenvalue weighted by Crippen LogP contribution is 2.14. The highest BCUT2D eigenvalue weighted by Gasteiger charge is 2.27. The minimum Gasteiger partial charge on any atom is -0.480 e. The minimum absolute atomic E-state index is 0.146. The molecule has 0 aliphatic heterocycles. The number of hydrogen-bond acceptors (Lipinski definition) is 3. The zero-order chi connectivity index (χ0) is 13.1. The van der Waals surface area contributed by atoms with Gasteiger partial charge in [-0.1, -0.05) is 12.1 Å². The Kier molecular flexibility index (Phi) is 3.69. The van der Waals surface area contributed by atoms with Gasteiger partial charge in [0.15, 0.2) is 5.96 Å². The fourth-order valence-electron chi connectivity index (χ4n) is 1.36. The average molecular weight is 236 g/mol. The van der Waals surface area contributed by atoms with Crippen LogP contribution in [0, 0.1) is 5.41 Å². The second kappa shape index (κ2) is 4.84. The van der Waals surface area contributed by atoms with Gasteiger partial charge < -0.3 is 21.9 Å². The van der Waals surface area contributed by atoms with Crippen LogP contribution in [0.1, 0.15) is 12.5 Å². The van der Waals surface area contributed by atoms with Crippen molar-refractivity contribution in [3.63, 3.8) is 0 Å². The van der Waals surface area contributed by atoms with E-state index in [2.05, 4.69) is 5.32 Å². The summed E-state index contributed by atoms with van der Waals surface area (Å²) in [6.45, 7) is 1.47. The van der Waals surface area contributed by atoms with E-state index >= 15 is 0 Å². The van der Waals surface area contributed by atoms with Gasteiger partial charge >= 0.3 is 5.97 Å². The first-order valence-electron chi connectivity index (χ1n) is 5.03. The molecule has 17 heavy (non-hydrogen) atoms. The molecule has 1 atom stereocenters. The molecule has 0 fully saturated rings. The molecule has 0 aliphatic rings. The Balaban J connectivity index is 2.75. The van der Waals surface area contributed by atoms with Crippen LogP contribution in [0.25, 0.3) is 0 Å². The molecule has 0 unspecified atom stereocenters. The van der Waals surface area contributed by atoms with Crippen molar-refractivity contribution in [2.45, 2.75) is 18.9 Å². The second-order valence-electron chi connectivity index (χ2n) is 4.13. The largest absolute Gasteiger partial charge is 0.480 e. The van der Waals surface area contributed by atoms with Gasteiger partial charge in [0, 0.05) is 12.1 Å². The summed E-state index contributed by atoms with van der Waals surface area (Å²) in [5.74, 6) is -1.18. The molecule has 0 spiro atoms. The predicted molar refractivity (Wildman–Crippen MR) is 65.9 cm³/mol. The molecular weight excluding hydrogens is 220 g/mol. The summed E-state index contributed by atoms with van der Waals surface area (Å²) in [5.41, 5.74) is 11.0. The fraction of sp³-hybridized carbons (Fsp3) is 0.273. The van der Waals surface area contributed by atoms with Crippen LogP contribution in [0.4, 0.5) is 5.69 Å². The van der Waals surface area contributed by atoms with Gasteiger partial charge in [-0.25, -0.2) is 0 Å². The van der Waals surface area contributed by atoms with Crippen LogP contribution in [-0.4, -0.2) is 22.6 Å². The van der Waals surface area contributed by atoms with Crippen LogP contribution in [-0.2, 0) is 11.2 Å². The predicted octanol–water partition coefficient (Wildman–Crippen LogP) is 0.336. The van der Waals surface area contributed by atoms with Gasteiger partial charge in [-0.05, 0) is 24.6 Å². The average Bonchev–Trinajstić information content (AvgIpc) is 2.19. The number of nitrogens with two attached hydrogens (primary N) is 2. The summed E-state index contributed by atoms with van der Waals surface area (Å²) in [4.78, 5) is 10.9. The lowest BCUT2D eigenvalue weighted by Gasteiger charge is -2.19. The highest BCUT2D eigenvalue weighted by atomic mass is 16.4. The third-order valence-corrected chi connectivity index (χ3v) is 2.29. The number of hydrogen-bond donors (Lipinski definition) is 5. The monoisotopic (exact) mass is 236 g/mol. The van der Waals surface area contributed by atoms with Crippen molar-refractivity contribution in [3.8, 4) is 0 Å². The highest BCUT2D eigenvalue weighted by molar-refractivity contribution is 5.89. The molecule has 6 heteroatoms. The van der Waals surface area contributed by atoms with E-state index in [-0.39, 0.29) is 12.4 Å². The smallest absolute Gasteiger partial charge is 0.323 e. The van der Waals surface area contributed by atoms with E-state index in [1.165, 1.54) is 6.92 Å². The first-order valence-corrected chi connectivity index (χ1v) is 5.03. The summed E-state index contributed by atoms with van der Waals surface area (Å²) >= 11 is 0. The number of aliphatic carboxylic acids is 1. The maximum atomic E-state index is 10.9. The number of benzene rings is 1. The Labute approximate surface area is 99.1 Å². The molecule has 0 bridgehead atoms. The van der Waals surface area contributed by atoms with Gasteiger partial charge in [0.1, 0.15) is 5.54 Å². The standard InChI is InChI=1S/C11H16N4O2/c1-11(14,9(16)17)6-7-2-4-8(5-3-7)15-10(12)13/h2-5H,6,14H2,1H3,(H,16,17)(H4,12,13,15)/t11-/m1/s1. The minimum atomic E-state index is -1.28. The third-order valence-electron chi connectivity index (χ3n) is 2.29. The van der Waals surface area contributed by atoms with E-state index in [0.29, 0.717) is 5.69 Å². The number of carboxylic acids is 1. The molecule has 1 rings (SSSR count). The van der Waals surface area contributed by atoms with E-state index < -0.39 is 11.5 Å². The van der Waals surface area contributed by atoms with Gasteiger partial charge in [-0.3, -0.25) is 10.2 Å². The van der Waals surface area contributed by atoms with E-state index in [4.69, 9.17) is 22.0 Å². The molecule has 0 saturated carbocycles. The third kappa shape index (κ3) is 3.76. The van der Waals surface area contributed by atoms with Crippen molar-refractivity contribution in [3.05, 3.63) is 29.8 Å². The van der Waals surface area contributed by atoms with Gasteiger partial charge in [0.2, 0.25) is 0 Å². The van der Waals surface area contributed by atoms with E-state index in [1.54, 1.807) is 24.3 Å². The number of nitrogens with one attached hydrogen (secondary N) is 2. The molecule has 0 heterocycles. The molecule has 1 aromatic carbocycles. The Hall–Kier alpha value is -2.08. The lowest BCUT2D eigenvalue weighted by molar-refractivity contribution is -0.142. The molecule has 1 aromatic rings. The Morgan fingerprint density at radius 1 is 1.47 bits per heavy atom. The van der Waals surface area contributed by atoms with E-state index in [1.807, 2.05) is 0 Å². The molecule has 7 N–H and O–H groups in total. The molecular formula is C11H16N4O2. The molecule has 6 nitrogen and oxygen atoms in total. The van der Waals surface area contributed by atoms with Crippen molar-refractivity contribution < 1.29 is 9.90 Å². The van der Waals surface area contributed by atoms with Crippen LogP contribution in [0.5, 0.6) is 0 Å². The molecule has 92 valence electrons. The van der Waals surface area contributed by atoms with Crippen LogP contribution in [0.3, 0.4) is 0 Å². The maximum Gasteiger partial charge on any atom is 0.323 e. The molecule has 0 amide bonds. The SMILES string of the molecule is C[C@@](N)(Cc1ccc(NC(=N)N)cc1)C(=O)O. The van der Waals surface area contributed by atoms with Gasteiger partial charge in [-0.15, -0.1) is 0 Å². The first kappa shape index (κ1) is 13.0. The molecule has 0 radical (unpaired) electrons. The quantitative estimate of drug-likeness (QED) is 0.380. The van der Waals surface area contributed by atoms with Crippen LogP contribution < -0.4 is 16.8 Å². The summed E-state index contributed by atoms with van der Waals surface area (Å²) in [6, 6.07) is 6.93. The van der Waals surface area contributed by atoms with Gasteiger partial charge in [0.05, 0.1) is 0 Å². The number of carboxylic acid groups (broad SMARTS) is 1. The lowest BCUT2D eigenvalue weighted by Crippen LogP contribution is -2.46. The van der Waals surface area contributed by atoms with Crippen molar-refractivity contribution >= 4 is 17.6 Å². The van der Waals surface area contributed by atoms with Crippen molar-refractivity contribution in [1.82, 2.24) is 0 Å². The second-order valence-corrected chi connectivity index (χ2v) is 4.13. The molecule has 0 aliphatic carbocycles. The normalized spacial score (nSPS) is 13.8. The summed E-state index contributed by atoms with van der Waals surface area (Å²) < 4.78 is 0. The number of guanidine groups is 1. The number of rotatable bonds is 4. The van der Waals surface area contributed by atoms with E-state index in [9.17, 15) is 4.79 Å². The van der Waals surface area contributed by atoms with Crippen molar-refractivity contribution in [2.75, 3.05) is 5.32 Å². The summed E-state index contributed by atoms with van der Waals surface area (Å²) in [6.07, 6.45) is 0.239. The first-order chi connectivity index (χ1) is 7.81. The Bertz CT molecular complexity index is 426. The van der Waals surface area contributed by atoms with Crippen molar-refractivity contribution in [1.29, 1.82) is 5.41 Å². The maximum absolute atomic E-state index is 10.9. The lowest BCUT2D eigenvalue weighted by atomic mass is 9.94. The number of anilines is 1. The number of carbonyl (C=O) groups is 1. The summed E-state index contributed by atoms with van der Waals surface area (Å²) in [7, 11) is 0. The molecule has 0 saturated heterocycles. The van der Waals surface area contributed by atoms with Gasteiger partial charge in [0.25, 0.3) is 0 Å². The topological polar surface area (TPSA) is 125 Å².